The molecule has 25 heavy (non-hydrogen) atoms. The Bertz CT molecular complexity index is 1000. The molecule has 128 valence electrons. The maximum atomic E-state index is 12.4. The molecule has 0 bridgehead atoms. The van der Waals surface area contributed by atoms with Crippen LogP contribution in [0.4, 0.5) is 5.69 Å². The fourth-order valence-electron chi connectivity index (χ4n) is 2.53. The zero-order chi connectivity index (χ0) is 17.9. The third kappa shape index (κ3) is 3.87. The first-order chi connectivity index (χ1) is 12.0. The molecule has 0 saturated heterocycles. The van der Waals surface area contributed by atoms with Crippen molar-refractivity contribution in [2.24, 2.45) is 0 Å². The second-order valence-electron chi connectivity index (χ2n) is 5.68. The average molecular weight is 354 g/mol. The Kier molecular flexibility index (Phi) is 4.83. The summed E-state index contributed by atoms with van der Waals surface area (Å²) in [4.78, 5) is 12.4. The Morgan fingerprint density at radius 2 is 1.56 bits per heavy atom. The summed E-state index contributed by atoms with van der Waals surface area (Å²) >= 11 is 0. The summed E-state index contributed by atoms with van der Waals surface area (Å²) in [7, 11) is -2.30. The fraction of sp³-hybridized carbons (Fsp3) is 0.105. The molecule has 0 aliphatic carbocycles. The number of carbonyl (C=O) groups excluding carboxylic acids is 1. The molecular formula is C19H18N2O3S. The monoisotopic (exact) mass is 354 g/mol. The lowest BCUT2D eigenvalue weighted by atomic mass is 10.1. The molecule has 0 aromatic heterocycles. The van der Waals surface area contributed by atoms with Crippen molar-refractivity contribution in [1.29, 1.82) is 0 Å². The zero-order valence-electron chi connectivity index (χ0n) is 13.7. The number of carbonyl (C=O) groups is 1. The van der Waals surface area contributed by atoms with Crippen LogP contribution in [0.2, 0.25) is 0 Å². The minimum atomic E-state index is -3.69. The number of sulfonamides is 1. The molecule has 3 rings (SSSR count). The summed E-state index contributed by atoms with van der Waals surface area (Å²) in [6.07, 6.45) is 0. The summed E-state index contributed by atoms with van der Waals surface area (Å²) < 4.78 is 25.9. The SMILES string of the molecule is CN(CC(=O)Nc1ccc2ccccc2c1)S(=O)(=O)c1ccccc1. The zero-order valence-corrected chi connectivity index (χ0v) is 14.5. The van der Waals surface area contributed by atoms with Crippen LogP contribution < -0.4 is 5.32 Å². The van der Waals surface area contributed by atoms with E-state index in [2.05, 4.69) is 5.32 Å². The van der Waals surface area contributed by atoms with Crippen molar-refractivity contribution < 1.29 is 13.2 Å². The molecule has 0 radical (unpaired) electrons. The van der Waals surface area contributed by atoms with Gasteiger partial charge in [0.25, 0.3) is 0 Å². The highest BCUT2D eigenvalue weighted by molar-refractivity contribution is 7.89. The highest BCUT2D eigenvalue weighted by atomic mass is 32.2. The maximum Gasteiger partial charge on any atom is 0.243 e. The van der Waals surface area contributed by atoms with Gasteiger partial charge >= 0.3 is 0 Å². The number of benzene rings is 3. The van der Waals surface area contributed by atoms with Crippen LogP contribution in [0, 0.1) is 0 Å². The standard InChI is InChI=1S/C19H18N2O3S/c1-21(25(23,24)18-9-3-2-4-10-18)14-19(22)20-17-12-11-15-7-5-6-8-16(15)13-17/h2-13H,14H2,1H3,(H,20,22). The topological polar surface area (TPSA) is 66.5 Å². The van der Waals surface area contributed by atoms with Crippen molar-refractivity contribution in [3.8, 4) is 0 Å². The number of fused-ring (bicyclic) bond motifs is 1. The van der Waals surface area contributed by atoms with Gasteiger partial charge in [0.1, 0.15) is 0 Å². The van der Waals surface area contributed by atoms with E-state index >= 15 is 0 Å². The number of rotatable bonds is 5. The molecule has 0 fully saturated rings. The molecule has 0 spiro atoms. The van der Waals surface area contributed by atoms with E-state index in [0.717, 1.165) is 15.1 Å². The average Bonchev–Trinajstić information content (AvgIpc) is 2.62. The molecular weight excluding hydrogens is 336 g/mol. The van der Waals surface area contributed by atoms with E-state index in [1.54, 1.807) is 24.3 Å². The molecule has 1 N–H and O–H groups in total. The molecule has 0 unspecified atom stereocenters. The highest BCUT2D eigenvalue weighted by Crippen LogP contribution is 2.19. The van der Waals surface area contributed by atoms with Crippen LogP contribution >= 0.6 is 0 Å². The van der Waals surface area contributed by atoms with Gasteiger partial charge in [-0.25, -0.2) is 8.42 Å². The molecule has 0 aliphatic rings. The first kappa shape index (κ1) is 17.1. The first-order valence-corrected chi connectivity index (χ1v) is 9.21. The number of hydrogen-bond donors (Lipinski definition) is 1. The van der Waals surface area contributed by atoms with E-state index in [-0.39, 0.29) is 11.4 Å². The van der Waals surface area contributed by atoms with Gasteiger partial charge in [0.15, 0.2) is 0 Å². The van der Waals surface area contributed by atoms with E-state index in [1.807, 2.05) is 36.4 Å². The number of likely N-dealkylation sites (N-methyl/N-ethyl adjacent to an activating group) is 1. The van der Waals surface area contributed by atoms with Gasteiger partial charge in [-0.15, -0.1) is 0 Å². The lowest BCUT2D eigenvalue weighted by molar-refractivity contribution is -0.116. The van der Waals surface area contributed by atoms with Crippen LogP contribution in [0.5, 0.6) is 0 Å². The second-order valence-corrected chi connectivity index (χ2v) is 7.73. The highest BCUT2D eigenvalue weighted by Gasteiger charge is 2.22. The quantitative estimate of drug-likeness (QED) is 0.766. The van der Waals surface area contributed by atoms with Crippen LogP contribution in [0.1, 0.15) is 0 Å². The Balaban J connectivity index is 1.71. The van der Waals surface area contributed by atoms with Crippen molar-refractivity contribution in [1.82, 2.24) is 4.31 Å². The van der Waals surface area contributed by atoms with Crippen molar-refractivity contribution in [3.05, 3.63) is 72.8 Å². The fourth-order valence-corrected chi connectivity index (χ4v) is 3.68. The van der Waals surface area contributed by atoms with Crippen LogP contribution in [0.15, 0.2) is 77.7 Å². The first-order valence-electron chi connectivity index (χ1n) is 7.77. The Morgan fingerprint density at radius 3 is 2.28 bits per heavy atom. The third-order valence-corrected chi connectivity index (χ3v) is 5.67. The molecule has 0 aliphatic heterocycles. The van der Waals surface area contributed by atoms with Crippen molar-refractivity contribution >= 4 is 32.4 Å². The normalized spacial score (nSPS) is 11.6. The molecule has 3 aromatic rings. The van der Waals surface area contributed by atoms with Crippen molar-refractivity contribution in [2.75, 3.05) is 18.9 Å². The molecule has 3 aromatic carbocycles. The van der Waals surface area contributed by atoms with Crippen LogP contribution in [-0.2, 0) is 14.8 Å². The number of amides is 1. The number of anilines is 1. The largest absolute Gasteiger partial charge is 0.325 e. The van der Waals surface area contributed by atoms with Crippen molar-refractivity contribution in [2.45, 2.75) is 4.90 Å². The van der Waals surface area contributed by atoms with E-state index < -0.39 is 15.9 Å². The van der Waals surface area contributed by atoms with Gasteiger partial charge < -0.3 is 5.32 Å². The summed E-state index contributed by atoms with van der Waals surface area (Å²) in [5.74, 6) is -0.391. The Labute approximate surface area is 146 Å². The van der Waals surface area contributed by atoms with Gasteiger partial charge in [-0.05, 0) is 35.0 Å². The van der Waals surface area contributed by atoms with Crippen LogP contribution in [0.3, 0.4) is 0 Å². The summed E-state index contributed by atoms with van der Waals surface area (Å²) in [6, 6.07) is 21.4. The summed E-state index contributed by atoms with van der Waals surface area (Å²) in [6.45, 7) is -0.260. The predicted octanol–water partition coefficient (Wildman–Crippen LogP) is 3.10. The summed E-state index contributed by atoms with van der Waals surface area (Å²) in [5, 5.41) is 4.82. The van der Waals surface area contributed by atoms with E-state index in [1.165, 1.54) is 19.2 Å². The number of nitrogens with one attached hydrogen (secondary N) is 1. The smallest absolute Gasteiger partial charge is 0.243 e. The van der Waals surface area contributed by atoms with E-state index in [9.17, 15) is 13.2 Å². The van der Waals surface area contributed by atoms with Gasteiger partial charge in [-0.2, -0.15) is 4.31 Å². The minimum absolute atomic E-state index is 0.163. The molecule has 0 saturated carbocycles. The predicted molar refractivity (Wildman–Crippen MR) is 98.8 cm³/mol. The van der Waals surface area contributed by atoms with E-state index in [0.29, 0.717) is 5.69 Å². The van der Waals surface area contributed by atoms with Gasteiger partial charge in [-0.1, -0.05) is 48.5 Å². The van der Waals surface area contributed by atoms with Gasteiger partial charge in [0.2, 0.25) is 15.9 Å². The number of nitrogens with zero attached hydrogens (tertiary/aromatic N) is 1. The van der Waals surface area contributed by atoms with E-state index in [4.69, 9.17) is 0 Å². The van der Waals surface area contributed by atoms with Gasteiger partial charge in [-0.3, -0.25) is 4.79 Å². The maximum absolute atomic E-state index is 12.4. The van der Waals surface area contributed by atoms with Gasteiger partial charge in [0, 0.05) is 12.7 Å². The Hall–Kier alpha value is -2.70. The molecule has 0 heterocycles. The van der Waals surface area contributed by atoms with Crippen LogP contribution in [0.25, 0.3) is 10.8 Å². The molecule has 0 atom stereocenters. The summed E-state index contributed by atoms with van der Waals surface area (Å²) in [5.41, 5.74) is 0.634. The Morgan fingerprint density at radius 1 is 0.920 bits per heavy atom. The van der Waals surface area contributed by atoms with Gasteiger partial charge in [0.05, 0.1) is 11.4 Å². The number of hydrogen-bond acceptors (Lipinski definition) is 3. The lowest BCUT2D eigenvalue weighted by Gasteiger charge is -2.17. The van der Waals surface area contributed by atoms with Crippen LogP contribution in [-0.4, -0.2) is 32.2 Å². The second kappa shape index (κ2) is 7.04. The molecule has 5 nitrogen and oxygen atoms in total. The lowest BCUT2D eigenvalue weighted by Crippen LogP contribution is -2.34. The minimum Gasteiger partial charge on any atom is -0.325 e. The molecule has 6 heteroatoms. The molecule has 1 amide bonds. The van der Waals surface area contributed by atoms with Crippen molar-refractivity contribution in [3.63, 3.8) is 0 Å². The third-order valence-electron chi connectivity index (χ3n) is 3.85.